The number of rotatable bonds is 4. The van der Waals surface area contributed by atoms with Crippen LogP contribution in [0.3, 0.4) is 0 Å². The van der Waals surface area contributed by atoms with Crippen LogP contribution in [-0.2, 0) is 9.53 Å². The van der Waals surface area contributed by atoms with Crippen LogP contribution >= 0.6 is 0 Å². The highest BCUT2D eigenvalue weighted by atomic mass is 16.7. The fraction of sp³-hybridized carbons (Fsp3) is 0.300. The molecule has 0 bridgehead atoms. The Morgan fingerprint density at radius 3 is 2.75 bits per heavy atom. The Morgan fingerprint density at radius 2 is 2.19 bits per heavy atom. The van der Waals surface area contributed by atoms with Crippen molar-refractivity contribution < 1.29 is 19.2 Å². The number of nitro groups is 1. The van der Waals surface area contributed by atoms with Gasteiger partial charge >= 0.3 is 5.97 Å². The minimum absolute atomic E-state index is 0.0764. The SMILES string of the molecule is CC(=O)OC(C)Oc1cccc([N+](=O)[O-])c1. The molecule has 0 aliphatic rings. The summed E-state index contributed by atoms with van der Waals surface area (Å²) in [6.45, 7) is 2.79. The molecular weight excluding hydrogens is 214 g/mol. The second kappa shape index (κ2) is 5.11. The van der Waals surface area contributed by atoms with Gasteiger partial charge in [0.2, 0.25) is 6.29 Å². The van der Waals surface area contributed by atoms with Crippen molar-refractivity contribution in [1.29, 1.82) is 0 Å². The van der Waals surface area contributed by atoms with E-state index in [1.165, 1.54) is 32.0 Å². The van der Waals surface area contributed by atoms with Crippen LogP contribution < -0.4 is 4.74 Å². The lowest BCUT2D eigenvalue weighted by Crippen LogP contribution is -2.18. The number of benzene rings is 1. The van der Waals surface area contributed by atoms with Gasteiger partial charge in [0, 0.05) is 19.9 Å². The summed E-state index contributed by atoms with van der Waals surface area (Å²) in [6, 6.07) is 5.66. The van der Waals surface area contributed by atoms with E-state index in [2.05, 4.69) is 0 Å². The van der Waals surface area contributed by atoms with Gasteiger partial charge in [-0.15, -0.1) is 0 Å². The van der Waals surface area contributed by atoms with Crippen molar-refractivity contribution in [1.82, 2.24) is 0 Å². The number of carbonyl (C=O) groups excluding carboxylic acids is 1. The zero-order valence-electron chi connectivity index (χ0n) is 8.88. The van der Waals surface area contributed by atoms with Crippen molar-refractivity contribution in [2.24, 2.45) is 0 Å². The van der Waals surface area contributed by atoms with Gasteiger partial charge < -0.3 is 9.47 Å². The smallest absolute Gasteiger partial charge is 0.305 e. The summed E-state index contributed by atoms with van der Waals surface area (Å²) in [5.74, 6) is -0.194. The van der Waals surface area contributed by atoms with Gasteiger partial charge in [-0.1, -0.05) is 6.07 Å². The van der Waals surface area contributed by atoms with E-state index in [-0.39, 0.29) is 11.4 Å². The summed E-state index contributed by atoms with van der Waals surface area (Å²) in [5, 5.41) is 10.5. The molecule has 1 rings (SSSR count). The summed E-state index contributed by atoms with van der Waals surface area (Å²) >= 11 is 0. The van der Waals surface area contributed by atoms with E-state index in [9.17, 15) is 14.9 Å². The van der Waals surface area contributed by atoms with Crippen molar-refractivity contribution in [2.75, 3.05) is 0 Å². The normalized spacial score (nSPS) is 11.6. The molecule has 6 heteroatoms. The summed E-state index contributed by atoms with van der Waals surface area (Å²) < 4.78 is 9.89. The lowest BCUT2D eigenvalue weighted by molar-refractivity contribution is -0.385. The maximum Gasteiger partial charge on any atom is 0.305 e. The molecule has 0 aromatic heterocycles. The summed E-state index contributed by atoms with van der Waals surface area (Å²) in [6.07, 6.45) is -0.778. The number of nitrogens with zero attached hydrogens (tertiary/aromatic N) is 1. The third-order valence-electron chi connectivity index (χ3n) is 1.66. The number of ether oxygens (including phenoxy) is 2. The van der Waals surface area contributed by atoms with Crippen LogP contribution in [-0.4, -0.2) is 17.2 Å². The predicted octanol–water partition coefficient (Wildman–Crippen LogP) is 1.88. The first kappa shape index (κ1) is 12.0. The minimum atomic E-state index is -0.778. The van der Waals surface area contributed by atoms with Gasteiger partial charge in [-0.3, -0.25) is 14.9 Å². The molecule has 0 radical (unpaired) electrons. The van der Waals surface area contributed by atoms with E-state index in [1.807, 2.05) is 0 Å². The highest BCUT2D eigenvalue weighted by Gasteiger charge is 2.10. The zero-order valence-corrected chi connectivity index (χ0v) is 8.88. The highest BCUT2D eigenvalue weighted by molar-refractivity contribution is 5.66. The topological polar surface area (TPSA) is 78.7 Å². The number of esters is 1. The van der Waals surface area contributed by atoms with Crippen molar-refractivity contribution in [3.05, 3.63) is 34.4 Å². The zero-order chi connectivity index (χ0) is 12.1. The van der Waals surface area contributed by atoms with E-state index < -0.39 is 17.2 Å². The second-order valence-corrected chi connectivity index (χ2v) is 3.05. The molecule has 0 saturated heterocycles. The third-order valence-corrected chi connectivity index (χ3v) is 1.66. The van der Waals surface area contributed by atoms with Crippen molar-refractivity contribution in [3.8, 4) is 5.75 Å². The van der Waals surface area contributed by atoms with Crippen LogP contribution in [0.1, 0.15) is 13.8 Å². The van der Waals surface area contributed by atoms with Crippen LogP contribution in [0.25, 0.3) is 0 Å². The molecule has 1 aromatic carbocycles. The monoisotopic (exact) mass is 225 g/mol. The first-order valence-electron chi connectivity index (χ1n) is 4.57. The fourth-order valence-electron chi connectivity index (χ4n) is 1.12. The van der Waals surface area contributed by atoms with Crippen LogP contribution in [0.5, 0.6) is 5.75 Å². The molecule has 0 aliphatic carbocycles. The lowest BCUT2D eigenvalue weighted by atomic mass is 10.3. The van der Waals surface area contributed by atoms with Gasteiger partial charge in [0.25, 0.3) is 5.69 Å². The molecule has 0 fully saturated rings. The largest absolute Gasteiger partial charge is 0.455 e. The summed E-state index contributed by atoms with van der Waals surface area (Å²) in [7, 11) is 0. The first-order valence-corrected chi connectivity index (χ1v) is 4.57. The Hall–Kier alpha value is -2.11. The quantitative estimate of drug-likeness (QED) is 0.338. The first-order chi connectivity index (χ1) is 7.49. The number of hydrogen-bond acceptors (Lipinski definition) is 5. The van der Waals surface area contributed by atoms with Crippen LogP contribution in [0.15, 0.2) is 24.3 Å². The Kier molecular flexibility index (Phi) is 3.82. The van der Waals surface area contributed by atoms with Crippen LogP contribution in [0, 0.1) is 10.1 Å². The van der Waals surface area contributed by atoms with Gasteiger partial charge in [-0.2, -0.15) is 0 Å². The van der Waals surface area contributed by atoms with Gasteiger partial charge in [-0.05, 0) is 6.07 Å². The third kappa shape index (κ3) is 3.56. The molecule has 0 N–H and O–H groups in total. The standard InChI is InChI=1S/C10H11NO5/c1-7(12)15-8(2)16-10-5-3-4-9(6-10)11(13)14/h3-6,8H,1-2H3. The second-order valence-electron chi connectivity index (χ2n) is 3.05. The van der Waals surface area contributed by atoms with Crippen LogP contribution in [0.4, 0.5) is 5.69 Å². The number of carbonyl (C=O) groups is 1. The maximum absolute atomic E-state index is 10.6. The average Bonchev–Trinajstić information content (AvgIpc) is 2.16. The molecule has 16 heavy (non-hydrogen) atoms. The molecule has 1 aromatic rings. The molecule has 0 amide bonds. The van der Waals surface area contributed by atoms with Crippen molar-refractivity contribution in [3.63, 3.8) is 0 Å². The van der Waals surface area contributed by atoms with Gasteiger partial charge in [-0.25, -0.2) is 0 Å². The predicted molar refractivity (Wildman–Crippen MR) is 55.0 cm³/mol. The Labute approximate surface area is 91.9 Å². The number of non-ortho nitro benzene ring substituents is 1. The molecule has 1 unspecified atom stereocenters. The van der Waals surface area contributed by atoms with Crippen molar-refractivity contribution in [2.45, 2.75) is 20.1 Å². The Balaban J connectivity index is 2.70. The molecule has 0 spiro atoms. The van der Waals surface area contributed by atoms with E-state index >= 15 is 0 Å². The Bertz CT molecular complexity index is 404. The number of nitro benzene ring substituents is 1. The summed E-state index contributed by atoms with van der Waals surface area (Å²) in [4.78, 5) is 20.6. The van der Waals surface area contributed by atoms with Crippen LogP contribution in [0.2, 0.25) is 0 Å². The van der Waals surface area contributed by atoms with Gasteiger partial charge in [0.1, 0.15) is 5.75 Å². The van der Waals surface area contributed by atoms with Gasteiger partial charge in [0.05, 0.1) is 11.0 Å². The fourth-order valence-corrected chi connectivity index (χ4v) is 1.12. The molecule has 6 nitrogen and oxygen atoms in total. The molecule has 0 aliphatic heterocycles. The molecule has 0 heterocycles. The van der Waals surface area contributed by atoms with E-state index in [0.717, 1.165) is 0 Å². The molecular formula is C10H11NO5. The average molecular weight is 225 g/mol. The maximum atomic E-state index is 10.6. The van der Waals surface area contributed by atoms with Gasteiger partial charge in [0.15, 0.2) is 0 Å². The van der Waals surface area contributed by atoms with E-state index in [0.29, 0.717) is 0 Å². The molecule has 1 atom stereocenters. The van der Waals surface area contributed by atoms with Crippen molar-refractivity contribution >= 4 is 11.7 Å². The minimum Gasteiger partial charge on any atom is -0.455 e. The molecule has 86 valence electrons. The summed E-state index contributed by atoms with van der Waals surface area (Å²) in [5.41, 5.74) is -0.0764. The molecule has 0 saturated carbocycles. The lowest BCUT2D eigenvalue weighted by Gasteiger charge is -2.13. The van der Waals surface area contributed by atoms with E-state index in [4.69, 9.17) is 9.47 Å². The highest BCUT2D eigenvalue weighted by Crippen LogP contribution is 2.20. The Morgan fingerprint density at radius 1 is 1.50 bits per heavy atom. The van der Waals surface area contributed by atoms with E-state index in [1.54, 1.807) is 6.07 Å². The number of hydrogen-bond donors (Lipinski definition) is 0.